The zero-order chi connectivity index (χ0) is 24.4. The first-order valence-corrected chi connectivity index (χ1v) is 10.3. The topological polar surface area (TPSA) is 113 Å². The van der Waals surface area contributed by atoms with E-state index >= 15 is 0 Å². The number of methoxy groups -OCH3 is 1. The molecule has 1 aliphatic heterocycles. The summed E-state index contributed by atoms with van der Waals surface area (Å²) in [7, 11) is 1.25. The molecule has 1 heterocycles. The van der Waals surface area contributed by atoms with Crippen molar-refractivity contribution >= 4 is 46.4 Å². The number of esters is 1. The number of fused-ring (bicyclic) bond motifs is 1. The molecule has 4 rings (SSSR count). The van der Waals surface area contributed by atoms with E-state index in [2.05, 4.69) is 5.32 Å². The summed E-state index contributed by atoms with van der Waals surface area (Å²) in [6.45, 7) is 1.27. The minimum absolute atomic E-state index is 0.125. The average Bonchev–Trinajstić information content (AvgIpc) is 3.13. The van der Waals surface area contributed by atoms with Gasteiger partial charge in [0.05, 0.1) is 35.2 Å². The van der Waals surface area contributed by atoms with Gasteiger partial charge in [-0.25, -0.2) is 14.5 Å². The molecular weight excluding hydrogens is 436 g/mol. The van der Waals surface area contributed by atoms with Crippen LogP contribution in [0, 0.1) is 0 Å². The molecule has 3 aromatic rings. The highest BCUT2D eigenvalue weighted by molar-refractivity contribution is 6.43. The Bertz CT molecular complexity index is 1340. The number of hydrogen-bond acceptors (Lipinski definition) is 6. The molecule has 8 heteroatoms. The second-order valence-corrected chi connectivity index (χ2v) is 7.51. The summed E-state index contributed by atoms with van der Waals surface area (Å²) >= 11 is 0. The van der Waals surface area contributed by atoms with Gasteiger partial charge in [0.2, 0.25) is 5.91 Å². The summed E-state index contributed by atoms with van der Waals surface area (Å²) in [6.07, 6.45) is 0. The van der Waals surface area contributed by atoms with Crippen LogP contribution >= 0.6 is 0 Å². The Morgan fingerprint density at radius 3 is 2.12 bits per heavy atom. The van der Waals surface area contributed by atoms with Gasteiger partial charge in [0.25, 0.3) is 5.91 Å². The molecule has 0 aromatic heterocycles. The number of amides is 2. The molecule has 2 N–H and O–H groups in total. The third-order valence-electron chi connectivity index (χ3n) is 5.37. The molecular formula is C26H20N2O6. The number of nitrogens with zero attached hydrogens (tertiary/aromatic N) is 1. The number of ether oxygens (including phenoxy) is 1. The van der Waals surface area contributed by atoms with Crippen molar-refractivity contribution in [3.63, 3.8) is 0 Å². The molecule has 0 radical (unpaired) electrons. The molecule has 0 aliphatic carbocycles. The van der Waals surface area contributed by atoms with Crippen molar-refractivity contribution < 1.29 is 29.0 Å². The summed E-state index contributed by atoms with van der Waals surface area (Å²) in [5.41, 5.74) is 3.01. The SMILES string of the molecule is COC(=O)c1ccc2c(c1)N(C(C)=O)C(=O)/C2=C(\Nc1ccc(C(=O)O)cc1)c1ccccc1. The molecule has 0 unspecified atom stereocenters. The van der Waals surface area contributed by atoms with Gasteiger partial charge in [-0.15, -0.1) is 0 Å². The maximum atomic E-state index is 13.5. The number of imide groups is 1. The zero-order valence-corrected chi connectivity index (χ0v) is 18.4. The van der Waals surface area contributed by atoms with Gasteiger partial charge in [-0.1, -0.05) is 36.4 Å². The van der Waals surface area contributed by atoms with Crippen molar-refractivity contribution in [2.45, 2.75) is 6.92 Å². The third-order valence-corrected chi connectivity index (χ3v) is 5.37. The lowest BCUT2D eigenvalue weighted by atomic mass is 9.99. The lowest BCUT2D eigenvalue weighted by Crippen LogP contribution is -2.31. The van der Waals surface area contributed by atoms with Gasteiger partial charge in [-0.3, -0.25) is 9.59 Å². The lowest BCUT2D eigenvalue weighted by molar-refractivity contribution is -0.122. The summed E-state index contributed by atoms with van der Waals surface area (Å²) in [5.74, 6) is -2.68. The van der Waals surface area contributed by atoms with E-state index < -0.39 is 23.8 Å². The summed E-state index contributed by atoms with van der Waals surface area (Å²) < 4.78 is 4.77. The van der Waals surface area contributed by atoms with E-state index in [1.807, 2.05) is 30.3 Å². The highest BCUT2D eigenvalue weighted by atomic mass is 16.5. The van der Waals surface area contributed by atoms with Crippen molar-refractivity contribution in [1.29, 1.82) is 0 Å². The van der Waals surface area contributed by atoms with Crippen LogP contribution in [0.25, 0.3) is 11.3 Å². The van der Waals surface area contributed by atoms with Gasteiger partial charge in [0.1, 0.15) is 0 Å². The first kappa shape index (κ1) is 22.5. The fourth-order valence-corrected chi connectivity index (χ4v) is 3.79. The van der Waals surface area contributed by atoms with Gasteiger partial charge in [0, 0.05) is 18.2 Å². The minimum atomic E-state index is -1.05. The molecule has 34 heavy (non-hydrogen) atoms. The van der Waals surface area contributed by atoms with Crippen molar-refractivity contribution in [2.24, 2.45) is 0 Å². The second kappa shape index (κ2) is 9.03. The number of benzene rings is 3. The van der Waals surface area contributed by atoms with Crippen LogP contribution in [0.15, 0.2) is 72.8 Å². The molecule has 2 amide bonds. The monoisotopic (exact) mass is 456 g/mol. The Hall–Kier alpha value is -4.72. The van der Waals surface area contributed by atoms with E-state index in [0.717, 1.165) is 4.90 Å². The fourth-order valence-electron chi connectivity index (χ4n) is 3.79. The van der Waals surface area contributed by atoms with Crippen molar-refractivity contribution in [1.82, 2.24) is 0 Å². The number of hydrogen-bond donors (Lipinski definition) is 2. The fraction of sp³-hybridized carbons (Fsp3) is 0.0769. The van der Waals surface area contributed by atoms with Gasteiger partial charge in [0.15, 0.2) is 0 Å². The van der Waals surface area contributed by atoms with Crippen LogP contribution in [0.3, 0.4) is 0 Å². The van der Waals surface area contributed by atoms with E-state index in [-0.39, 0.29) is 22.4 Å². The smallest absolute Gasteiger partial charge is 0.337 e. The number of anilines is 2. The van der Waals surface area contributed by atoms with E-state index in [1.165, 1.54) is 38.3 Å². The molecule has 1 aliphatic rings. The van der Waals surface area contributed by atoms with Crippen molar-refractivity contribution in [2.75, 3.05) is 17.3 Å². The average molecular weight is 456 g/mol. The summed E-state index contributed by atoms with van der Waals surface area (Å²) in [6, 6.07) is 19.8. The molecule has 0 saturated heterocycles. The Kier molecular flexibility index (Phi) is 5.97. The van der Waals surface area contributed by atoms with Gasteiger partial charge in [-0.2, -0.15) is 0 Å². The minimum Gasteiger partial charge on any atom is -0.478 e. The van der Waals surface area contributed by atoms with Crippen LogP contribution in [0.4, 0.5) is 11.4 Å². The molecule has 0 atom stereocenters. The highest BCUT2D eigenvalue weighted by Gasteiger charge is 2.38. The molecule has 0 fully saturated rings. The maximum absolute atomic E-state index is 13.5. The number of rotatable bonds is 5. The van der Waals surface area contributed by atoms with Gasteiger partial charge in [-0.05, 0) is 42.0 Å². The molecule has 170 valence electrons. The quantitative estimate of drug-likeness (QED) is 0.440. The standard InChI is InChI=1S/C26H20N2O6/c1-15(29)28-21-14-18(26(33)34-2)10-13-20(21)22(24(28)30)23(16-6-4-3-5-7-16)27-19-11-8-17(9-12-19)25(31)32/h3-14,27H,1-2H3,(H,31,32)/b23-22-. The molecule has 0 spiro atoms. The van der Waals surface area contributed by atoms with Crippen LogP contribution in [0.5, 0.6) is 0 Å². The van der Waals surface area contributed by atoms with E-state index in [9.17, 15) is 19.2 Å². The van der Waals surface area contributed by atoms with Crippen LogP contribution in [-0.2, 0) is 14.3 Å². The predicted molar refractivity (Wildman–Crippen MR) is 126 cm³/mol. The Balaban J connectivity index is 1.92. The normalized spacial score (nSPS) is 13.8. The van der Waals surface area contributed by atoms with Gasteiger partial charge < -0.3 is 15.2 Å². The van der Waals surface area contributed by atoms with Crippen molar-refractivity contribution in [3.05, 3.63) is 95.1 Å². The maximum Gasteiger partial charge on any atom is 0.337 e. The molecule has 3 aromatic carbocycles. The third kappa shape index (κ3) is 4.04. The summed E-state index contributed by atoms with van der Waals surface area (Å²) in [5, 5.41) is 12.4. The molecule has 0 saturated carbocycles. The zero-order valence-electron chi connectivity index (χ0n) is 18.4. The van der Waals surface area contributed by atoms with E-state index in [4.69, 9.17) is 9.84 Å². The number of nitrogens with one attached hydrogen (secondary N) is 1. The van der Waals surface area contributed by atoms with Crippen LogP contribution in [0.1, 0.15) is 38.8 Å². The number of carboxylic acids is 1. The number of carboxylic acid groups (broad SMARTS) is 1. The number of carbonyl (C=O) groups is 4. The second-order valence-electron chi connectivity index (χ2n) is 7.51. The Morgan fingerprint density at radius 1 is 0.882 bits per heavy atom. The van der Waals surface area contributed by atoms with Crippen LogP contribution in [0.2, 0.25) is 0 Å². The molecule has 8 nitrogen and oxygen atoms in total. The van der Waals surface area contributed by atoms with E-state index in [1.54, 1.807) is 18.2 Å². The predicted octanol–water partition coefficient (Wildman–Crippen LogP) is 4.04. The number of carbonyl (C=O) groups excluding carboxylic acids is 3. The Labute approximate surface area is 195 Å². The first-order valence-electron chi connectivity index (χ1n) is 10.3. The molecule has 0 bridgehead atoms. The van der Waals surface area contributed by atoms with Crippen LogP contribution in [-0.4, -0.2) is 36.0 Å². The lowest BCUT2D eigenvalue weighted by Gasteiger charge is -2.16. The van der Waals surface area contributed by atoms with Crippen molar-refractivity contribution in [3.8, 4) is 0 Å². The van der Waals surface area contributed by atoms with Crippen LogP contribution < -0.4 is 10.2 Å². The summed E-state index contributed by atoms with van der Waals surface area (Å²) in [4.78, 5) is 50.2. The first-order chi connectivity index (χ1) is 16.3. The van der Waals surface area contributed by atoms with E-state index in [0.29, 0.717) is 22.5 Å². The van der Waals surface area contributed by atoms with Gasteiger partial charge >= 0.3 is 11.9 Å². The highest BCUT2D eigenvalue weighted by Crippen LogP contribution is 2.42. The number of aromatic carboxylic acids is 1. The Morgan fingerprint density at radius 2 is 1.53 bits per heavy atom. The largest absolute Gasteiger partial charge is 0.478 e.